The summed E-state index contributed by atoms with van der Waals surface area (Å²) < 4.78 is 5.38. The van der Waals surface area contributed by atoms with Gasteiger partial charge < -0.3 is 10.2 Å². The van der Waals surface area contributed by atoms with Crippen LogP contribution in [0.3, 0.4) is 0 Å². The summed E-state index contributed by atoms with van der Waals surface area (Å²) in [4.78, 5) is 8.60. The minimum atomic E-state index is 0.592. The molecule has 18 heavy (non-hydrogen) atoms. The van der Waals surface area contributed by atoms with E-state index < -0.39 is 0 Å². The summed E-state index contributed by atoms with van der Waals surface area (Å²) >= 11 is 1.83. The number of nitrogen functional groups attached to an aromatic ring is 1. The summed E-state index contributed by atoms with van der Waals surface area (Å²) in [5.74, 6) is 6.26. The minimum Gasteiger partial charge on any atom is -0.381 e. The van der Waals surface area contributed by atoms with Gasteiger partial charge in [-0.1, -0.05) is 13.3 Å². The molecule has 0 radical (unpaired) electrons. The number of hydrazine groups is 1. The largest absolute Gasteiger partial charge is 0.381 e. The van der Waals surface area contributed by atoms with E-state index in [1.807, 2.05) is 11.8 Å². The molecule has 0 amide bonds. The number of aromatic nitrogens is 2. The van der Waals surface area contributed by atoms with Gasteiger partial charge in [-0.25, -0.2) is 15.8 Å². The molecule has 100 valence electrons. The van der Waals surface area contributed by atoms with Crippen LogP contribution in [0.25, 0.3) is 0 Å². The monoisotopic (exact) mass is 268 g/mol. The normalized spacial score (nSPS) is 16.8. The quantitative estimate of drug-likeness (QED) is 0.483. The van der Waals surface area contributed by atoms with Gasteiger partial charge in [0.05, 0.1) is 0 Å². The van der Waals surface area contributed by atoms with E-state index in [-0.39, 0.29) is 0 Å². The van der Waals surface area contributed by atoms with Crippen LogP contribution in [-0.4, -0.2) is 28.4 Å². The van der Waals surface area contributed by atoms with Crippen molar-refractivity contribution in [1.82, 2.24) is 9.97 Å². The molecule has 0 aliphatic carbocycles. The number of nitrogens with zero attached hydrogens (tertiary/aromatic N) is 2. The fourth-order valence-electron chi connectivity index (χ4n) is 2.05. The molecule has 0 aromatic carbocycles. The number of nitrogens with one attached hydrogen (secondary N) is 1. The predicted octanol–water partition coefficient (Wildman–Crippen LogP) is 1.99. The van der Waals surface area contributed by atoms with E-state index in [0.717, 1.165) is 55.3 Å². The van der Waals surface area contributed by atoms with Gasteiger partial charge >= 0.3 is 0 Å². The third-order valence-corrected chi connectivity index (χ3v) is 4.37. The maximum Gasteiger partial charge on any atom is 0.147 e. The standard InChI is InChI=1S/C12H20N4OS/c1-2-3-10-11(16-13)14-8-15-12(10)18-9-4-6-17-7-5-9/h8-9H,2-7,13H2,1H3,(H,14,15,16). The van der Waals surface area contributed by atoms with Crippen molar-refractivity contribution in [2.24, 2.45) is 5.84 Å². The predicted molar refractivity (Wildman–Crippen MR) is 73.5 cm³/mol. The topological polar surface area (TPSA) is 73.1 Å². The molecule has 0 saturated carbocycles. The number of thioether (sulfide) groups is 1. The van der Waals surface area contributed by atoms with Crippen LogP contribution in [0.1, 0.15) is 31.7 Å². The fraction of sp³-hybridized carbons (Fsp3) is 0.667. The summed E-state index contributed by atoms with van der Waals surface area (Å²) in [6.45, 7) is 3.86. The molecule has 1 aromatic rings. The van der Waals surface area contributed by atoms with Crippen LogP contribution < -0.4 is 11.3 Å². The Kier molecular flexibility index (Phi) is 5.22. The van der Waals surface area contributed by atoms with Crippen molar-refractivity contribution in [2.75, 3.05) is 18.6 Å². The first-order valence-corrected chi connectivity index (χ1v) is 7.28. The minimum absolute atomic E-state index is 0.592. The molecule has 5 nitrogen and oxygen atoms in total. The molecule has 0 spiro atoms. The average Bonchev–Trinajstić information content (AvgIpc) is 2.42. The number of ether oxygens (including phenoxy) is 1. The lowest BCUT2D eigenvalue weighted by Crippen LogP contribution is -2.18. The molecule has 2 heterocycles. The molecular weight excluding hydrogens is 248 g/mol. The Bertz CT molecular complexity index is 382. The van der Waals surface area contributed by atoms with Crippen molar-refractivity contribution < 1.29 is 4.74 Å². The van der Waals surface area contributed by atoms with Crippen LogP contribution in [0.2, 0.25) is 0 Å². The average molecular weight is 268 g/mol. The first kappa shape index (κ1) is 13.6. The Hall–Kier alpha value is -0.850. The van der Waals surface area contributed by atoms with E-state index in [9.17, 15) is 0 Å². The number of rotatable bonds is 5. The number of anilines is 1. The van der Waals surface area contributed by atoms with Crippen LogP contribution in [0.5, 0.6) is 0 Å². The molecule has 0 unspecified atom stereocenters. The van der Waals surface area contributed by atoms with Gasteiger partial charge in [0.1, 0.15) is 17.2 Å². The van der Waals surface area contributed by atoms with E-state index in [1.54, 1.807) is 6.33 Å². The van der Waals surface area contributed by atoms with Gasteiger partial charge in [0, 0.05) is 24.0 Å². The van der Waals surface area contributed by atoms with E-state index in [4.69, 9.17) is 10.6 Å². The zero-order valence-electron chi connectivity index (χ0n) is 10.7. The number of hydrogen-bond donors (Lipinski definition) is 2. The van der Waals surface area contributed by atoms with Crippen LogP contribution in [0.4, 0.5) is 5.82 Å². The molecular formula is C12H20N4OS. The van der Waals surface area contributed by atoms with E-state index >= 15 is 0 Å². The Balaban J connectivity index is 2.14. The van der Waals surface area contributed by atoms with Crippen molar-refractivity contribution in [3.8, 4) is 0 Å². The molecule has 1 saturated heterocycles. The smallest absolute Gasteiger partial charge is 0.147 e. The summed E-state index contributed by atoms with van der Waals surface area (Å²) in [5.41, 5.74) is 3.81. The second-order valence-electron chi connectivity index (χ2n) is 4.33. The van der Waals surface area contributed by atoms with E-state index in [2.05, 4.69) is 22.3 Å². The molecule has 6 heteroatoms. The van der Waals surface area contributed by atoms with Crippen LogP contribution >= 0.6 is 11.8 Å². The van der Waals surface area contributed by atoms with Crippen molar-refractivity contribution in [3.05, 3.63) is 11.9 Å². The lowest BCUT2D eigenvalue weighted by molar-refractivity contribution is 0.1000. The number of nitrogens with two attached hydrogens (primary N) is 1. The SMILES string of the molecule is CCCc1c(NN)ncnc1SC1CCOCC1. The maximum absolute atomic E-state index is 5.51. The van der Waals surface area contributed by atoms with Gasteiger partial charge in [-0.05, 0) is 19.3 Å². The van der Waals surface area contributed by atoms with Gasteiger partial charge in [0.25, 0.3) is 0 Å². The van der Waals surface area contributed by atoms with Gasteiger partial charge in [0.2, 0.25) is 0 Å². The lowest BCUT2D eigenvalue weighted by Gasteiger charge is -2.22. The van der Waals surface area contributed by atoms with Gasteiger partial charge in [-0.15, -0.1) is 11.8 Å². The van der Waals surface area contributed by atoms with Crippen molar-refractivity contribution in [3.63, 3.8) is 0 Å². The zero-order valence-corrected chi connectivity index (χ0v) is 11.5. The molecule has 0 bridgehead atoms. The third-order valence-electron chi connectivity index (χ3n) is 2.99. The highest BCUT2D eigenvalue weighted by Gasteiger charge is 2.19. The van der Waals surface area contributed by atoms with Crippen LogP contribution in [0, 0.1) is 0 Å². The molecule has 1 fully saturated rings. The summed E-state index contributed by atoms with van der Waals surface area (Å²) in [6, 6.07) is 0. The zero-order chi connectivity index (χ0) is 12.8. The fourth-order valence-corrected chi connectivity index (χ4v) is 3.24. The first-order valence-electron chi connectivity index (χ1n) is 6.40. The van der Waals surface area contributed by atoms with E-state index in [0.29, 0.717) is 5.25 Å². The summed E-state index contributed by atoms with van der Waals surface area (Å²) in [6.07, 6.45) is 5.77. The summed E-state index contributed by atoms with van der Waals surface area (Å²) in [5, 5.41) is 1.65. The highest BCUT2D eigenvalue weighted by molar-refractivity contribution is 7.99. The molecule has 1 aromatic heterocycles. The Morgan fingerprint density at radius 1 is 1.44 bits per heavy atom. The lowest BCUT2D eigenvalue weighted by atomic mass is 10.2. The third kappa shape index (κ3) is 3.34. The van der Waals surface area contributed by atoms with Gasteiger partial charge in [0.15, 0.2) is 0 Å². The maximum atomic E-state index is 5.51. The highest BCUT2D eigenvalue weighted by atomic mass is 32.2. The summed E-state index contributed by atoms with van der Waals surface area (Å²) in [7, 11) is 0. The van der Waals surface area contributed by atoms with Crippen LogP contribution in [-0.2, 0) is 11.2 Å². The second kappa shape index (κ2) is 6.92. The van der Waals surface area contributed by atoms with Crippen molar-refractivity contribution in [1.29, 1.82) is 0 Å². The Labute approximate surface area is 112 Å². The molecule has 1 aliphatic rings. The first-order chi connectivity index (χ1) is 8.85. The Morgan fingerprint density at radius 3 is 2.89 bits per heavy atom. The van der Waals surface area contributed by atoms with Crippen molar-refractivity contribution in [2.45, 2.75) is 42.9 Å². The second-order valence-corrected chi connectivity index (χ2v) is 5.62. The van der Waals surface area contributed by atoms with Crippen molar-refractivity contribution >= 4 is 17.6 Å². The van der Waals surface area contributed by atoms with E-state index in [1.165, 1.54) is 0 Å². The molecule has 0 atom stereocenters. The molecule has 2 rings (SSSR count). The molecule has 3 N–H and O–H groups in total. The van der Waals surface area contributed by atoms with Crippen LogP contribution in [0.15, 0.2) is 11.4 Å². The molecule has 1 aliphatic heterocycles. The Morgan fingerprint density at radius 2 is 2.22 bits per heavy atom. The number of hydrogen-bond acceptors (Lipinski definition) is 6. The highest BCUT2D eigenvalue weighted by Crippen LogP contribution is 2.32. The van der Waals surface area contributed by atoms with Gasteiger partial charge in [-0.3, -0.25) is 0 Å². The van der Waals surface area contributed by atoms with Gasteiger partial charge in [-0.2, -0.15) is 0 Å².